The van der Waals surface area contributed by atoms with Crippen molar-refractivity contribution in [1.82, 2.24) is 4.90 Å². The highest BCUT2D eigenvalue weighted by atomic mass is 19.1. The Hall–Kier alpha value is -2.18. The Labute approximate surface area is 165 Å². The van der Waals surface area contributed by atoms with Crippen molar-refractivity contribution in [2.75, 3.05) is 6.54 Å². The van der Waals surface area contributed by atoms with E-state index in [0.29, 0.717) is 17.7 Å². The zero-order valence-electron chi connectivity index (χ0n) is 16.7. The third kappa shape index (κ3) is 3.14. The van der Waals surface area contributed by atoms with Crippen molar-refractivity contribution in [3.8, 4) is 0 Å². The van der Waals surface area contributed by atoms with Gasteiger partial charge in [0.05, 0.1) is 17.7 Å². The monoisotopic (exact) mass is 381 g/mol. The van der Waals surface area contributed by atoms with Gasteiger partial charge in [-0.3, -0.25) is 4.79 Å². The lowest BCUT2D eigenvalue weighted by Gasteiger charge is -2.32. The lowest BCUT2D eigenvalue weighted by atomic mass is 9.75. The van der Waals surface area contributed by atoms with Crippen molar-refractivity contribution in [2.45, 2.75) is 51.6 Å². The van der Waals surface area contributed by atoms with Crippen LogP contribution in [0.25, 0.3) is 0 Å². The van der Waals surface area contributed by atoms with Crippen LogP contribution in [0.4, 0.5) is 4.39 Å². The van der Waals surface area contributed by atoms with Crippen LogP contribution in [-0.4, -0.2) is 35.7 Å². The second-order valence-electron chi connectivity index (χ2n) is 8.53. The fraction of sp³-hybridized carbons (Fsp3) is 0.409. The molecule has 1 saturated heterocycles. The van der Waals surface area contributed by atoms with E-state index in [2.05, 4.69) is 0 Å². The van der Waals surface area contributed by atoms with Crippen LogP contribution in [0.1, 0.15) is 55.4 Å². The fourth-order valence-electron chi connectivity index (χ4n) is 3.71. The molecule has 0 saturated carbocycles. The molecule has 1 atom stereocenters. The zero-order chi connectivity index (χ0) is 20.1. The topological polar surface area (TPSA) is 38.8 Å². The summed E-state index contributed by atoms with van der Waals surface area (Å²) < 4.78 is 27.1. The molecule has 2 aliphatic rings. The highest BCUT2D eigenvalue weighted by Gasteiger charge is 2.52. The van der Waals surface area contributed by atoms with Crippen LogP contribution in [0.2, 0.25) is 0 Å². The third-order valence-electron chi connectivity index (χ3n) is 6.13. The van der Waals surface area contributed by atoms with Gasteiger partial charge in [-0.1, -0.05) is 42.5 Å². The molecule has 1 fully saturated rings. The lowest BCUT2D eigenvalue weighted by Crippen LogP contribution is -2.41. The fourth-order valence-corrected chi connectivity index (χ4v) is 3.71. The number of hydrogen-bond donors (Lipinski definition) is 0. The average molecular weight is 381 g/mol. The van der Waals surface area contributed by atoms with E-state index < -0.39 is 24.5 Å². The maximum atomic E-state index is 14.7. The van der Waals surface area contributed by atoms with Gasteiger partial charge in [0.25, 0.3) is 5.91 Å². The van der Waals surface area contributed by atoms with Crippen LogP contribution >= 0.6 is 0 Å². The maximum absolute atomic E-state index is 14.7. The Kier molecular flexibility index (Phi) is 4.59. The summed E-state index contributed by atoms with van der Waals surface area (Å²) in [7, 11) is -0.539. The van der Waals surface area contributed by atoms with Crippen molar-refractivity contribution in [2.24, 2.45) is 0 Å². The molecule has 2 aliphatic heterocycles. The molecule has 0 aromatic heterocycles. The van der Waals surface area contributed by atoms with Gasteiger partial charge in [-0.05, 0) is 50.4 Å². The Morgan fingerprint density at radius 3 is 2.32 bits per heavy atom. The van der Waals surface area contributed by atoms with E-state index in [9.17, 15) is 9.18 Å². The maximum Gasteiger partial charge on any atom is 0.495 e. The number of fused-ring (bicyclic) bond motifs is 1. The van der Waals surface area contributed by atoms with Gasteiger partial charge in [-0.2, -0.15) is 0 Å². The zero-order valence-corrected chi connectivity index (χ0v) is 16.7. The normalized spacial score (nSPS) is 21.1. The van der Waals surface area contributed by atoms with E-state index in [1.54, 1.807) is 35.2 Å². The van der Waals surface area contributed by atoms with E-state index in [4.69, 9.17) is 9.31 Å². The van der Waals surface area contributed by atoms with E-state index in [0.717, 1.165) is 11.0 Å². The number of alkyl halides is 1. The minimum Gasteiger partial charge on any atom is -0.399 e. The number of rotatable bonds is 4. The van der Waals surface area contributed by atoms with Crippen LogP contribution in [0, 0.1) is 0 Å². The van der Waals surface area contributed by atoms with Crippen LogP contribution in [0.3, 0.4) is 0 Å². The largest absolute Gasteiger partial charge is 0.495 e. The van der Waals surface area contributed by atoms with Gasteiger partial charge < -0.3 is 14.2 Å². The molecule has 0 radical (unpaired) electrons. The Balaban J connectivity index is 1.57. The van der Waals surface area contributed by atoms with Gasteiger partial charge in [0.15, 0.2) is 0 Å². The minimum atomic E-state index is -1.22. The smallest absolute Gasteiger partial charge is 0.399 e. The molecular weight excluding hydrogens is 356 g/mol. The first-order chi connectivity index (χ1) is 13.2. The minimum absolute atomic E-state index is 0.0281. The van der Waals surface area contributed by atoms with E-state index in [-0.39, 0.29) is 12.5 Å². The lowest BCUT2D eigenvalue weighted by molar-refractivity contribution is 0.00578. The molecule has 4 rings (SSSR count). The van der Waals surface area contributed by atoms with Crippen molar-refractivity contribution >= 4 is 18.5 Å². The van der Waals surface area contributed by atoms with Crippen molar-refractivity contribution in [3.05, 3.63) is 65.2 Å². The third-order valence-corrected chi connectivity index (χ3v) is 6.13. The van der Waals surface area contributed by atoms with Crippen LogP contribution in [-0.2, 0) is 15.9 Å². The highest BCUT2D eigenvalue weighted by molar-refractivity contribution is 6.62. The molecule has 2 heterocycles. The summed E-state index contributed by atoms with van der Waals surface area (Å²) in [6.07, 6.45) is -1.22. The molecule has 0 unspecified atom stereocenters. The van der Waals surface area contributed by atoms with E-state index >= 15 is 0 Å². The van der Waals surface area contributed by atoms with Gasteiger partial charge in [0.2, 0.25) is 0 Å². The molecule has 0 bridgehead atoms. The molecule has 4 nitrogen and oxygen atoms in total. The summed E-state index contributed by atoms with van der Waals surface area (Å²) >= 11 is 0. The summed E-state index contributed by atoms with van der Waals surface area (Å²) in [5.41, 5.74) is 1.98. The van der Waals surface area contributed by atoms with Gasteiger partial charge >= 0.3 is 7.12 Å². The molecule has 1 amide bonds. The molecule has 6 heteroatoms. The van der Waals surface area contributed by atoms with Crippen molar-refractivity contribution < 1.29 is 18.5 Å². The number of benzene rings is 2. The van der Waals surface area contributed by atoms with Gasteiger partial charge in [-0.15, -0.1) is 0 Å². The Morgan fingerprint density at radius 1 is 1.04 bits per heavy atom. The SMILES string of the molecule is CC1(C)OB(c2cccc3c2CN(C[C@H](F)c2ccccc2)C3=O)OC1(C)C. The van der Waals surface area contributed by atoms with E-state index in [1.807, 2.05) is 45.9 Å². The van der Waals surface area contributed by atoms with Crippen molar-refractivity contribution in [3.63, 3.8) is 0 Å². The summed E-state index contributed by atoms with van der Waals surface area (Å²) in [4.78, 5) is 14.4. The quantitative estimate of drug-likeness (QED) is 0.759. The van der Waals surface area contributed by atoms with Gasteiger partial charge in [0.1, 0.15) is 6.17 Å². The summed E-state index contributed by atoms with van der Waals surface area (Å²) in [5.74, 6) is -0.146. The first kappa shape index (κ1) is 19.2. The number of nitrogens with zero attached hydrogens (tertiary/aromatic N) is 1. The number of hydrogen-bond acceptors (Lipinski definition) is 3. The molecule has 2 aromatic rings. The number of carbonyl (C=O) groups excluding carboxylic acids is 1. The molecule has 2 aromatic carbocycles. The Bertz CT molecular complexity index is 884. The second kappa shape index (κ2) is 6.71. The molecule has 0 spiro atoms. The molecule has 146 valence electrons. The van der Waals surface area contributed by atoms with E-state index in [1.165, 1.54) is 0 Å². The highest BCUT2D eigenvalue weighted by Crippen LogP contribution is 2.37. The average Bonchev–Trinajstić information content (AvgIpc) is 3.08. The van der Waals surface area contributed by atoms with Crippen molar-refractivity contribution in [1.29, 1.82) is 0 Å². The summed E-state index contributed by atoms with van der Waals surface area (Å²) in [5, 5.41) is 0. The molecule has 28 heavy (non-hydrogen) atoms. The van der Waals surface area contributed by atoms with Crippen LogP contribution < -0.4 is 5.46 Å². The standard InChI is InChI=1S/C22H25BFNO3/c1-21(2)22(3,4)28-23(27-21)18-12-8-11-16-17(18)13-25(20(16)26)14-19(24)15-9-6-5-7-10-15/h5-12,19H,13-14H2,1-4H3/t19-/m0/s1. The first-order valence-corrected chi connectivity index (χ1v) is 9.65. The second-order valence-corrected chi connectivity index (χ2v) is 8.53. The number of amides is 1. The van der Waals surface area contributed by atoms with Crippen LogP contribution in [0.15, 0.2) is 48.5 Å². The summed E-state index contributed by atoms with van der Waals surface area (Å²) in [6, 6.07) is 14.5. The van der Waals surface area contributed by atoms with Crippen LogP contribution in [0.5, 0.6) is 0 Å². The molecule has 0 aliphatic carbocycles. The number of carbonyl (C=O) groups is 1. The molecule has 0 N–H and O–H groups in total. The first-order valence-electron chi connectivity index (χ1n) is 9.65. The van der Waals surface area contributed by atoms with Gasteiger partial charge in [-0.25, -0.2) is 4.39 Å². The number of halogens is 1. The predicted molar refractivity (Wildman–Crippen MR) is 107 cm³/mol. The molecular formula is C22H25BFNO3. The predicted octanol–water partition coefficient (Wildman–Crippen LogP) is 3.65. The Morgan fingerprint density at radius 2 is 1.68 bits per heavy atom. The van der Waals surface area contributed by atoms with Gasteiger partial charge in [0, 0.05) is 12.1 Å². The summed E-state index contributed by atoms with van der Waals surface area (Å²) in [6.45, 7) is 8.40.